The van der Waals surface area contributed by atoms with E-state index in [1.807, 2.05) is 6.92 Å². The Morgan fingerprint density at radius 1 is 0.944 bits per heavy atom. The highest BCUT2D eigenvalue weighted by molar-refractivity contribution is 9.10. The number of nitrogens with zero attached hydrogens (tertiary/aromatic N) is 1. The molecule has 0 heterocycles. The summed E-state index contributed by atoms with van der Waals surface area (Å²) in [6, 6.07) is 3.32. The third-order valence-electron chi connectivity index (χ3n) is 4.33. The van der Waals surface area contributed by atoms with Crippen molar-refractivity contribution >= 4 is 63.3 Å². The summed E-state index contributed by atoms with van der Waals surface area (Å²) in [7, 11) is -1.87. The van der Waals surface area contributed by atoms with E-state index < -0.39 is 63.7 Å². The number of halogens is 4. The number of carbonyl (C=O) groups excluding carboxylic acids is 1. The van der Waals surface area contributed by atoms with Crippen molar-refractivity contribution in [2.75, 3.05) is 19.8 Å². The first-order valence-corrected chi connectivity index (χ1v) is 14.5. The summed E-state index contributed by atoms with van der Waals surface area (Å²) in [5.74, 6) is -6.05. The van der Waals surface area contributed by atoms with Crippen LogP contribution in [0.2, 0.25) is 0 Å². The van der Waals surface area contributed by atoms with Crippen LogP contribution in [-0.4, -0.2) is 69.6 Å². The molecule has 0 unspecified atom stereocenters. The van der Waals surface area contributed by atoms with Crippen LogP contribution in [0.4, 0.5) is 8.78 Å². The topological polar surface area (TPSA) is 163 Å². The first kappa shape index (κ1) is 31.4. The van der Waals surface area contributed by atoms with Gasteiger partial charge in [0.15, 0.2) is 21.5 Å². The normalized spacial score (nSPS) is 11.3. The van der Waals surface area contributed by atoms with Crippen molar-refractivity contribution in [3.63, 3.8) is 0 Å². The summed E-state index contributed by atoms with van der Waals surface area (Å²) in [5.41, 5.74) is -1.39. The van der Waals surface area contributed by atoms with Crippen LogP contribution < -0.4 is 0 Å². The van der Waals surface area contributed by atoms with Crippen LogP contribution in [0.15, 0.2) is 38.5 Å². The minimum absolute atomic E-state index is 0.176. The molecular weight excluding hydrogens is 616 g/mol. The van der Waals surface area contributed by atoms with Gasteiger partial charge < -0.3 is 15.1 Å². The van der Waals surface area contributed by atoms with Crippen LogP contribution in [-0.2, 0) is 18.9 Å². The molecule has 0 aliphatic carbocycles. The van der Waals surface area contributed by atoms with Crippen molar-refractivity contribution in [1.82, 2.24) is 4.90 Å². The van der Waals surface area contributed by atoms with Crippen LogP contribution >= 0.6 is 26.6 Å². The number of carbonyl (C=O) groups is 3. The molecule has 10 nitrogen and oxygen atoms in total. The fraction of sp³-hybridized carbons (Fsp3) is 0.250. The highest BCUT2D eigenvalue weighted by Gasteiger charge is 2.25. The minimum Gasteiger partial charge on any atom is -0.478 e. The Bertz CT molecular complexity index is 1430. The number of hydrogen-bond acceptors (Lipinski definition) is 7. The summed E-state index contributed by atoms with van der Waals surface area (Å²) in [6.45, 7) is 2.26. The summed E-state index contributed by atoms with van der Waals surface area (Å²) in [5, 5.41) is 17.6. The van der Waals surface area contributed by atoms with Gasteiger partial charge in [0.05, 0.1) is 15.6 Å². The molecule has 2 N–H and O–H groups in total. The summed E-state index contributed by atoms with van der Waals surface area (Å²) in [6.07, 6.45) is 1.43. The molecule has 0 saturated carbocycles. The zero-order valence-electron chi connectivity index (χ0n) is 18.8. The first-order chi connectivity index (χ1) is 16.3. The Balaban J connectivity index is 0.000000381. The number of amides is 1. The first-order valence-electron chi connectivity index (χ1n) is 9.52. The minimum atomic E-state index is -4.31. The number of hydrogen-bond donors (Lipinski definition) is 2. The van der Waals surface area contributed by atoms with Gasteiger partial charge in [-0.15, -0.1) is 0 Å². The molecule has 1 amide bonds. The SMILES string of the molecule is CCCN(C)C(=O)c1cc(C(=O)O)c(F)c(S(C)(=O)=O)c1.O=C(O)c1cc(Br)c(F)c(S(=O)(=O)Cl)c1. The number of benzene rings is 2. The van der Waals surface area contributed by atoms with Crippen molar-refractivity contribution in [2.45, 2.75) is 23.1 Å². The standard InChI is InChI=1S/C13H16FNO5S.C7H3BrClFO4S/c1-4-5-15(2)12(16)8-6-9(13(17)18)11(14)10(7-8)21(3,19)20;8-4-1-3(7(11)12)2-5(6(4)10)15(9,13)14/h6-7H,4-5H2,1-3H3,(H,17,18);1-2H,(H,11,12). The Labute approximate surface area is 218 Å². The second-order valence-electron chi connectivity index (χ2n) is 7.15. The summed E-state index contributed by atoms with van der Waals surface area (Å²) < 4.78 is 71.8. The molecule has 0 bridgehead atoms. The number of sulfone groups is 1. The van der Waals surface area contributed by atoms with Crippen LogP contribution in [0.3, 0.4) is 0 Å². The molecule has 0 fully saturated rings. The van der Waals surface area contributed by atoms with Gasteiger partial charge in [0.25, 0.3) is 15.0 Å². The quantitative estimate of drug-likeness (QED) is 0.433. The Morgan fingerprint density at radius 3 is 1.89 bits per heavy atom. The van der Waals surface area contributed by atoms with E-state index in [4.69, 9.17) is 20.9 Å². The van der Waals surface area contributed by atoms with Crippen molar-refractivity contribution < 1.29 is 50.2 Å². The van der Waals surface area contributed by atoms with Crippen LogP contribution in [0, 0.1) is 11.6 Å². The van der Waals surface area contributed by atoms with Gasteiger partial charge in [0.1, 0.15) is 9.79 Å². The molecule has 198 valence electrons. The molecule has 0 radical (unpaired) electrons. The molecule has 0 aliphatic rings. The zero-order valence-corrected chi connectivity index (χ0v) is 22.7. The van der Waals surface area contributed by atoms with Gasteiger partial charge in [-0.3, -0.25) is 4.79 Å². The van der Waals surface area contributed by atoms with Crippen molar-refractivity contribution in [2.24, 2.45) is 0 Å². The van der Waals surface area contributed by atoms with E-state index in [0.717, 1.165) is 24.5 Å². The third kappa shape index (κ3) is 7.94. The third-order valence-corrected chi connectivity index (χ3v) is 7.32. The highest BCUT2D eigenvalue weighted by Crippen LogP contribution is 2.27. The van der Waals surface area contributed by atoms with E-state index in [2.05, 4.69) is 15.9 Å². The van der Waals surface area contributed by atoms with E-state index in [-0.39, 0.29) is 15.6 Å². The predicted octanol–water partition coefficient (Wildman–Crippen LogP) is 3.62. The number of aromatic carboxylic acids is 2. The molecule has 0 saturated heterocycles. The molecule has 0 atom stereocenters. The molecule has 0 spiro atoms. The molecule has 2 aromatic carbocycles. The van der Waals surface area contributed by atoms with Gasteiger partial charge in [0.2, 0.25) is 0 Å². The maximum Gasteiger partial charge on any atom is 0.338 e. The van der Waals surface area contributed by atoms with E-state index >= 15 is 0 Å². The number of carboxylic acid groups (broad SMARTS) is 2. The van der Waals surface area contributed by atoms with Gasteiger partial charge >= 0.3 is 11.9 Å². The predicted molar refractivity (Wildman–Crippen MR) is 128 cm³/mol. The lowest BCUT2D eigenvalue weighted by atomic mass is 10.1. The number of rotatable bonds is 7. The fourth-order valence-corrected chi connectivity index (χ4v) is 4.97. The smallest absolute Gasteiger partial charge is 0.338 e. The van der Waals surface area contributed by atoms with Crippen LogP contribution in [0.5, 0.6) is 0 Å². The fourth-order valence-electron chi connectivity index (χ4n) is 2.67. The molecular formula is C20H19BrClF2NO9S2. The molecule has 0 aliphatic heterocycles. The maximum absolute atomic E-state index is 13.9. The molecule has 16 heteroatoms. The second-order valence-corrected chi connectivity index (χ2v) is 12.5. The second kappa shape index (κ2) is 12.1. The molecule has 0 aromatic heterocycles. The van der Waals surface area contributed by atoms with E-state index in [0.29, 0.717) is 19.0 Å². The lowest BCUT2D eigenvalue weighted by Gasteiger charge is -2.17. The van der Waals surface area contributed by atoms with Crippen LogP contribution in [0.1, 0.15) is 44.4 Å². The average molecular weight is 635 g/mol. The van der Waals surface area contributed by atoms with Gasteiger partial charge in [-0.05, 0) is 46.6 Å². The molecule has 36 heavy (non-hydrogen) atoms. The van der Waals surface area contributed by atoms with Gasteiger partial charge in [-0.1, -0.05) is 6.92 Å². The average Bonchev–Trinajstić information content (AvgIpc) is 2.73. The van der Waals surface area contributed by atoms with Crippen molar-refractivity contribution in [3.05, 3.63) is 57.1 Å². The van der Waals surface area contributed by atoms with Gasteiger partial charge in [-0.2, -0.15) is 0 Å². The molecule has 2 aromatic rings. The lowest BCUT2D eigenvalue weighted by Crippen LogP contribution is -2.28. The van der Waals surface area contributed by atoms with E-state index in [9.17, 15) is 40.0 Å². The van der Waals surface area contributed by atoms with E-state index in [1.165, 1.54) is 11.9 Å². The molecule has 2 rings (SSSR count). The maximum atomic E-state index is 13.9. The Hall–Kier alpha value is -2.62. The largest absolute Gasteiger partial charge is 0.478 e. The Morgan fingerprint density at radius 2 is 1.47 bits per heavy atom. The zero-order chi connectivity index (χ0) is 28.2. The van der Waals surface area contributed by atoms with Gasteiger partial charge in [0, 0.05) is 36.1 Å². The van der Waals surface area contributed by atoms with Crippen molar-refractivity contribution in [3.8, 4) is 0 Å². The van der Waals surface area contributed by atoms with Crippen molar-refractivity contribution in [1.29, 1.82) is 0 Å². The van der Waals surface area contributed by atoms with Gasteiger partial charge in [-0.25, -0.2) is 35.2 Å². The number of carboxylic acids is 2. The Kier molecular flexibility index (Phi) is 10.5. The highest BCUT2D eigenvalue weighted by atomic mass is 79.9. The van der Waals surface area contributed by atoms with E-state index in [1.54, 1.807) is 0 Å². The summed E-state index contributed by atoms with van der Waals surface area (Å²) in [4.78, 5) is 33.3. The lowest BCUT2D eigenvalue weighted by molar-refractivity contribution is 0.0682. The monoisotopic (exact) mass is 633 g/mol. The summed E-state index contributed by atoms with van der Waals surface area (Å²) >= 11 is 2.70. The van der Waals surface area contributed by atoms with Crippen LogP contribution in [0.25, 0.3) is 0 Å².